The van der Waals surface area contributed by atoms with Crippen LogP contribution in [0.5, 0.6) is 5.75 Å². The molecule has 2 rings (SSSR count). The standard InChI is InChI=1S/C14H10BrClN2O/c15-10-2-4-11(5-3-10)18-13(8-17)9-1-6-14(19)12(16)7-9/h1-7,13,18-19H. The monoisotopic (exact) mass is 336 g/mol. The summed E-state index contributed by atoms with van der Waals surface area (Å²) in [5.74, 6) is 0.00532. The summed E-state index contributed by atoms with van der Waals surface area (Å²) < 4.78 is 0.972. The van der Waals surface area contributed by atoms with Crippen LogP contribution in [0.4, 0.5) is 5.69 Å². The molecular formula is C14H10BrClN2O. The van der Waals surface area contributed by atoms with E-state index >= 15 is 0 Å². The highest BCUT2D eigenvalue weighted by molar-refractivity contribution is 9.10. The summed E-state index contributed by atoms with van der Waals surface area (Å²) in [7, 11) is 0. The molecule has 2 N–H and O–H groups in total. The second-order valence-corrected chi connectivity index (χ2v) is 5.25. The Kier molecular flexibility index (Phi) is 4.31. The van der Waals surface area contributed by atoms with Crippen molar-refractivity contribution in [2.45, 2.75) is 6.04 Å². The molecular weight excluding hydrogens is 328 g/mol. The lowest BCUT2D eigenvalue weighted by Gasteiger charge is -2.14. The number of halogens is 2. The zero-order valence-corrected chi connectivity index (χ0v) is 12.1. The van der Waals surface area contributed by atoms with E-state index in [1.807, 2.05) is 24.3 Å². The summed E-state index contributed by atoms with van der Waals surface area (Å²) in [6, 6.07) is 13.9. The van der Waals surface area contributed by atoms with Gasteiger partial charge in [-0.05, 0) is 42.0 Å². The maximum Gasteiger partial charge on any atom is 0.140 e. The number of phenolic OH excluding ortho intramolecular Hbond substituents is 1. The summed E-state index contributed by atoms with van der Waals surface area (Å²) in [6.45, 7) is 0. The number of hydrogen-bond acceptors (Lipinski definition) is 3. The third-order valence-electron chi connectivity index (χ3n) is 2.59. The zero-order chi connectivity index (χ0) is 13.8. The lowest BCUT2D eigenvalue weighted by Crippen LogP contribution is -2.08. The van der Waals surface area contributed by atoms with Gasteiger partial charge in [0.25, 0.3) is 0 Å². The van der Waals surface area contributed by atoms with Gasteiger partial charge in [0.15, 0.2) is 0 Å². The van der Waals surface area contributed by atoms with Crippen molar-refractivity contribution in [1.29, 1.82) is 5.26 Å². The molecule has 0 aliphatic rings. The van der Waals surface area contributed by atoms with Crippen LogP contribution in [0.2, 0.25) is 5.02 Å². The number of rotatable bonds is 3. The Bertz CT molecular complexity index is 622. The quantitative estimate of drug-likeness (QED) is 0.868. The van der Waals surface area contributed by atoms with E-state index in [9.17, 15) is 10.4 Å². The van der Waals surface area contributed by atoms with E-state index in [4.69, 9.17) is 11.6 Å². The second-order valence-electron chi connectivity index (χ2n) is 3.92. The number of nitrogens with one attached hydrogen (secondary N) is 1. The molecule has 1 atom stereocenters. The van der Waals surface area contributed by atoms with Gasteiger partial charge in [-0.25, -0.2) is 0 Å². The topological polar surface area (TPSA) is 56.0 Å². The number of benzene rings is 2. The molecule has 0 aromatic heterocycles. The van der Waals surface area contributed by atoms with Gasteiger partial charge < -0.3 is 10.4 Å². The molecule has 0 saturated heterocycles. The number of aromatic hydroxyl groups is 1. The molecule has 0 heterocycles. The van der Waals surface area contributed by atoms with Crippen LogP contribution < -0.4 is 5.32 Å². The van der Waals surface area contributed by atoms with Crippen molar-refractivity contribution in [3.8, 4) is 11.8 Å². The van der Waals surface area contributed by atoms with Crippen molar-refractivity contribution >= 4 is 33.2 Å². The van der Waals surface area contributed by atoms with Crippen LogP contribution in [0.25, 0.3) is 0 Å². The Morgan fingerprint density at radius 3 is 2.47 bits per heavy atom. The number of phenols is 1. The maximum absolute atomic E-state index is 9.38. The molecule has 0 spiro atoms. The van der Waals surface area contributed by atoms with Crippen molar-refractivity contribution in [3.63, 3.8) is 0 Å². The number of anilines is 1. The first-order valence-electron chi connectivity index (χ1n) is 5.50. The number of hydrogen-bond donors (Lipinski definition) is 2. The molecule has 0 aliphatic heterocycles. The average Bonchev–Trinajstić information content (AvgIpc) is 2.41. The smallest absolute Gasteiger partial charge is 0.140 e. The van der Waals surface area contributed by atoms with Gasteiger partial charge in [-0.3, -0.25) is 0 Å². The minimum absolute atomic E-state index is 0.00532. The van der Waals surface area contributed by atoms with Gasteiger partial charge >= 0.3 is 0 Å². The van der Waals surface area contributed by atoms with Gasteiger partial charge in [0.05, 0.1) is 11.1 Å². The first-order chi connectivity index (χ1) is 9.10. The molecule has 0 saturated carbocycles. The van der Waals surface area contributed by atoms with E-state index in [2.05, 4.69) is 27.3 Å². The molecule has 1 unspecified atom stereocenters. The lowest BCUT2D eigenvalue weighted by molar-refractivity contribution is 0.475. The molecule has 0 amide bonds. The van der Waals surface area contributed by atoms with Crippen molar-refractivity contribution in [2.75, 3.05) is 5.32 Å². The third kappa shape index (κ3) is 3.40. The van der Waals surface area contributed by atoms with Crippen LogP contribution in [0.1, 0.15) is 11.6 Å². The first-order valence-corrected chi connectivity index (χ1v) is 6.67. The largest absolute Gasteiger partial charge is 0.506 e. The van der Waals surface area contributed by atoms with Gasteiger partial charge in [-0.15, -0.1) is 0 Å². The fraction of sp³-hybridized carbons (Fsp3) is 0.0714. The minimum Gasteiger partial charge on any atom is -0.506 e. The van der Waals surface area contributed by atoms with Crippen molar-refractivity contribution in [2.24, 2.45) is 0 Å². The highest BCUT2D eigenvalue weighted by Gasteiger charge is 2.12. The fourth-order valence-corrected chi connectivity index (χ4v) is 2.06. The van der Waals surface area contributed by atoms with Gasteiger partial charge in [-0.2, -0.15) is 5.26 Å². The van der Waals surface area contributed by atoms with E-state index in [-0.39, 0.29) is 10.8 Å². The van der Waals surface area contributed by atoms with E-state index in [1.54, 1.807) is 12.1 Å². The maximum atomic E-state index is 9.38. The lowest BCUT2D eigenvalue weighted by atomic mass is 10.1. The van der Waals surface area contributed by atoms with Crippen LogP contribution in [-0.2, 0) is 0 Å². The molecule has 3 nitrogen and oxygen atoms in total. The van der Waals surface area contributed by atoms with Crippen molar-refractivity contribution in [1.82, 2.24) is 0 Å². The molecule has 2 aromatic rings. The van der Waals surface area contributed by atoms with Crippen LogP contribution in [0.3, 0.4) is 0 Å². The number of nitriles is 1. The summed E-state index contributed by atoms with van der Waals surface area (Å²) in [5, 5.41) is 21.9. The van der Waals surface area contributed by atoms with E-state index in [0.717, 1.165) is 10.2 Å². The second kappa shape index (κ2) is 5.96. The average molecular weight is 338 g/mol. The highest BCUT2D eigenvalue weighted by Crippen LogP contribution is 2.28. The minimum atomic E-state index is -0.528. The van der Waals surface area contributed by atoms with Crippen LogP contribution >= 0.6 is 27.5 Å². The zero-order valence-electron chi connectivity index (χ0n) is 9.77. The highest BCUT2D eigenvalue weighted by atomic mass is 79.9. The van der Waals surface area contributed by atoms with Crippen LogP contribution in [-0.4, -0.2) is 5.11 Å². The normalized spacial score (nSPS) is 11.6. The first kappa shape index (κ1) is 13.7. The summed E-state index contributed by atoms with van der Waals surface area (Å²) in [6.07, 6.45) is 0. The fourth-order valence-electron chi connectivity index (χ4n) is 1.61. The third-order valence-corrected chi connectivity index (χ3v) is 3.42. The van der Waals surface area contributed by atoms with Gasteiger partial charge in [0.2, 0.25) is 0 Å². The molecule has 96 valence electrons. The predicted octanol–water partition coefficient (Wildman–Crippen LogP) is 4.48. The molecule has 0 aliphatic carbocycles. The number of nitrogens with zero attached hydrogens (tertiary/aromatic N) is 1. The molecule has 0 bridgehead atoms. The van der Waals surface area contributed by atoms with Crippen molar-refractivity contribution < 1.29 is 5.11 Å². The Morgan fingerprint density at radius 2 is 1.89 bits per heavy atom. The molecule has 5 heteroatoms. The summed E-state index contributed by atoms with van der Waals surface area (Å²) in [5.41, 5.74) is 1.53. The van der Waals surface area contributed by atoms with Crippen LogP contribution in [0, 0.1) is 11.3 Å². The SMILES string of the molecule is N#CC(Nc1ccc(Br)cc1)c1ccc(O)c(Cl)c1. The van der Waals surface area contributed by atoms with Gasteiger partial charge in [0, 0.05) is 10.2 Å². The van der Waals surface area contributed by atoms with Gasteiger partial charge in [0.1, 0.15) is 11.8 Å². The van der Waals surface area contributed by atoms with E-state index < -0.39 is 6.04 Å². The van der Waals surface area contributed by atoms with E-state index in [1.165, 1.54) is 6.07 Å². The molecule has 19 heavy (non-hydrogen) atoms. The Balaban J connectivity index is 2.23. The Morgan fingerprint density at radius 1 is 1.21 bits per heavy atom. The van der Waals surface area contributed by atoms with Crippen molar-refractivity contribution in [3.05, 3.63) is 57.5 Å². The molecule has 0 fully saturated rings. The summed E-state index contributed by atoms with van der Waals surface area (Å²) in [4.78, 5) is 0. The Labute approximate surface area is 124 Å². The molecule has 0 radical (unpaired) electrons. The van der Waals surface area contributed by atoms with Gasteiger partial charge in [-0.1, -0.05) is 33.6 Å². The van der Waals surface area contributed by atoms with Crippen LogP contribution in [0.15, 0.2) is 46.9 Å². The Hall–Kier alpha value is -1.70. The summed E-state index contributed by atoms with van der Waals surface area (Å²) >= 11 is 9.20. The molecule has 2 aromatic carbocycles. The predicted molar refractivity (Wildman–Crippen MR) is 79.2 cm³/mol. The van der Waals surface area contributed by atoms with E-state index in [0.29, 0.717) is 5.56 Å².